The van der Waals surface area contributed by atoms with E-state index in [0.717, 1.165) is 6.07 Å². The largest absolute Gasteiger partial charge is 0.416 e. The molecule has 0 saturated heterocycles. The molecule has 0 spiro atoms. The lowest BCUT2D eigenvalue weighted by Crippen LogP contribution is -2.22. The second kappa shape index (κ2) is 5.04. The summed E-state index contributed by atoms with van der Waals surface area (Å²) < 4.78 is 39.3. The van der Waals surface area contributed by atoms with E-state index in [-0.39, 0.29) is 5.92 Å². The fourth-order valence-corrected chi connectivity index (χ4v) is 2.86. The van der Waals surface area contributed by atoms with E-state index in [4.69, 9.17) is 0 Å². The number of hydrogen-bond acceptors (Lipinski definition) is 2. The van der Waals surface area contributed by atoms with Crippen LogP contribution in [0, 0.1) is 0 Å². The van der Waals surface area contributed by atoms with Crippen LogP contribution in [0.5, 0.6) is 0 Å². The number of halogens is 3. The van der Waals surface area contributed by atoms with Crippen molar-refractivity contribution in [2.75, 3.05) is 18.0 Å². The zero-order chi connectivity index (χ0) is 14.2. The number of likely N-dealkylation sites (N-methyl/N-ethyl adjacent to an activating group) is 1. The molecule has 2 unspecified atom stereocenters. The van der Waals surface area contributed by atoms with Crippen molar-refractivity contribution < 1.29 is 18.3 Å². The Morgan fingerprint density at radius 1 is 1.42 bits per heavy atom. The molecule has 1 heterocycles. The predicted octanol–water partition coefficient (Wildman–Crippen LogP) is 3.40. The van der Waals surface area contributed by atoms with Gasteiger partial charge in [0.2, 0.25) is 0 Å². The van der Waals surface area contributed by atoms with Crippen LogP contribution in [0.4, 0.5) is 18.9 Å². The quantitative estimate of drug-likeness (QED) is 0.912. The Balaban J connectivity index is 2.49. The highest BCUT2D eigenvalue weighted by Gasteiger charge is 2.40. The molecule has 1 aliphatic heterocycles. The van der Waals surface area contributed by atoms with Crippen LogP contribution in [0.2, 0.25) is 0 Å². The van der Waals surface area contributed by atoms with Crippen molar-refractivity contribution in [3.63, 3.8) is 0 Å². The molecule has 0 radical (unpaired) electrons. The van der Waals surface area contributed by atoms with Gasteiger partial charge in [-0.1, -0.05) is 6.07 Å². The summed E-state index contributed by atoms with van der Waals surface area (Å²) in [6, 6.07) is 4.32. The first-order valence-corrected chi connectivity index (χ1v) is 6.47. The first-order valence-electron chi connectivity index (χ1n) is 6.47. The number of fused-ring (bicyclic) bond motifs is 1. The van der Waals surface area contributed by atoms with Crippen LogP contribution in [-0.4, -0.2) is 24.3 Å². The molecule has 0 aliphatic carbocycles. The number of alkyl halides is 3. The first kappa shape index (κ1) is 14.2. The Morgan fingerprint density at radius 2 is 2.11 bits per heavy atom. The molecule has 0 fully saturated rings. The van der Waals surface area contributed by atoms with Crippen LogP contribution in [0.1, 0.15) is 37.3 Å². The molecule has 2 nitrogen and oxygen atoms in total. The fourth-order valence-electron chi connectivity index (χ4n) is 2.86. The monoisotopic (exact) mass is 273 g/mol. The highest BCUT2D eigenvalue weighted by Crippen LogP contribution is 2.45. The molecule has 0 aromatic heterocycles. The number of rotatable bonds is 3. The summed E-state index contributed by atoms with van der Waals surface area (Å²) in [5.74, 6) is -0.257. The van der Waals surface area contributed by atoms with Gasteiger partial charge in [0.1, 0.15) is 0 Å². The molecule has 2 atom stereocenters. The van der Waals surface area contributed by atoms with Crippen molar-refractivity contribution in [1.29, 1.82) is 0 Å². The molecule has 1 aliphatic rings. The highest BCUT2D eigenvalue weighted by atomic mass is 19.4. The molecule has 0 bridgehead atoms. The maximum Gasteiger partial charge on any atom is 0.416 e. The van der Waals surface area contributed by atoms with Crippen LogP contribution in [0.3, 0.4) is 0 Å². The Kier molecular flexibility index (Phi) is 3.76. The van der Waals surface area contributed by atoms with Gasteiger partial charge in [-0.25, -0.2) is 0 Å². The van der Waals surface area contributed by atoms with E-state index in [1.807, 2.05) is 11.8 Å². The van der Waals surface area contributed by atoms with Crippen molar-refractivity contribution in [1.82, 2.24) is 0 Å². The average Bonchev–Trinajstić information content (AvgIpc) is 2.65. The lowest BCUT2D eigenvalue weighted by molar-refractivity contribution is -0.138. The summed E-state index contributed by atoms with van der Waals surface area (Å²) in [4.78, 5) is 1.94. The number of benzene rings is 1. The molecule has 5 heteroatoms. The van der Waals surface area contributed by atoms with E-state index in [1.54, 1.807) is 13.0 Å². The van der Waals surface area contributed by atoms with Crippen molar-refractivity contribution in [3.05, 3.63) is 29.3 Å². The molecule has 1 aromatic carbocycles. The second-order valence-electron chi connectivity index (χ2n) is 5.06. The molecule has 1 N–H and O–H groups in total. The average molecular weight is 273 g/mol. The Labute approximate surface area is 110 Å². The summed E-state index contributed by atoms with van der Waals surface area (Å²) in [5, 5.41) is 9.49. The zero-order valence-electron chi connectivity index (χ0n) is 11.0. The second-order valence-corrected chi connectivity index (χ2v) is 5.06. The summed E-state index contributed by atoms with van der Waals surface area (Å²) in [6.07, 6.45) is -4.58. The molecule has 1 aromatic rings. The van der Waals surface area contributed by atoms with Gasteiger partial charge >= 0.3 is 6.18 Å². The minimum Gasteiger partial charge on any atom is -0.393 e. The third kappa shape index (κ3) is 2.71. The highest BCUT2D eigenvalue weighted by molar-refractivity contribution is 5.63. The van der Waals surface area contributed by atoms with Gasteiger partial charge in [0, 0.05) is 24.7 Å². The van der Waals surface area contributed by atoms with Crippen molar-refractivity contribution in [3.8, 4) is 0 Å². The fraction of sp³-hybridized carbons (Fsp3) is 0.571. The number of anilines is 1. The molecule has 106 valence electrons. The number of aliphatic hydroxyl groups is 1. The van der Waals surface area contributed by atoms with Gasteiger partial charge in [0.25, 0.3) is 0 Å². The van der Waals surface area contributed by atoms with Crippen LogP contribution < -0.4 is 4.90 Å². The Morgan fingerprint density at radius 3 is 2.63 bits per heavy atom. The van der Waals surface area contributed by atoms with E-state index in [2.05, 4.69) is 0 Å². The number of aliphatic hydroxyl groups excluding tert-OH is 1. The molecule has 19 heavy (non-hydrogen) atoms. The van der Waals surface area contributed by atoms with Gasteiger partial charge < -0.3 is 10.0 Å². The van der Waals surface area contributed by atoms with E-state index in [0.29, 0.717) is 30.8 Å². The topological polar surface area (TPSA) is 23.5 Å². The van der Waals surface area contributed by atoms with Crippen LogP contribution >= 0.6 is 0 Å². The summed E-state index contributed by atoms with van der Waals surface area (Å²) in [5.41, 5.74) is 0.437. The lowest BCUT2D eigenvalue weighted by atomic mass is 9.91. The maximum atomic E-state index is 13.1. The summed E-state index contributed by atoms with van der Waals surface area (Å²) in [7, 11) is 0. The molecular formula is C14H18F3NO. The van der Waals surface area contributed by atoms with E-state index >= 15 is 0 Å². The van der Waals surface area contributed by atoms with Gasteiger partial charge in [0.05, 0.1) is 11.7 Å². The van der Waals surface area contributed by atoms with Gasteiger partial charge in [-0.05, 0) is 38.0 Å². The SMILES string of the molecule is CCN1CC(CC(C)O)c2c1cccc2C(F)(F)F. The zero-order valence-corrected chi connectivity index (χ0v) is 11.0. The van der Waals surface area contributed by atoms with Crippen LogP contribution in [0.25, 0.3) is 0 Å². The smallest absolute Gasteiger partial charge is 0.393 e. The van der Waals surface area contributed by atoms with Crippen molar-refractivity contribution in [2.45, 2.75) is 38.5 Å². The first-order chi connectivity index (χ1) is 8.84. The van der Waals surface area contributed by atoms with Crippen molar-refractivity contribution >= 4 is 5.69 Å². The number of hydrogen-bond donors (Lipinski definition) is 1. The van der Waals surface area contributed by atoms with Crippen LogP contribution in [0.15, 0.2) is 18.2 Å². The van der Waals surface area contributed by atoms with Gasteiger partial charge in [-0.15, -0.1) is 0 Å². The minimum atomic E-state index is -4.34. The van der Waals surface area contributed by atoms with Crippen LogP contribution in [-0.2, 0) is 6.18 Å². The third-order valence-corrected chi connectivity index (χ3v) is 3.59. The Hall–Kier alpha value is -1.23. The van der Waals surface area contributed by atoms with Gasteiger partial charge in [0.15, 0.2) is 0 Å². The summed E-state index contributed by atoms with van der Waals surface area (Å²) in [6.45, 7) is 4.76. The normalized spacial score (nSPS) is 20.5. The van der Waals surface area contributed by atoms with E-state index in [9.17, 15) is 18.3 Å². The number of nitrogens with zero attached hydrogens (tertiary/aromatic N) is 1. The van der Waals surface area contributed by atoms with Gasteiger partial charge in [-0.3, -0.25) is 0 Å². The third-order valence-electron chi connectivity index (χ3n) is 3.59. The maximum absolute atomic E-state index is 13.1. The standard InChI is InChI=1S/C14H18F3NO/c1-3-18-8-10(7-9(2)19)13-11(14(15,16)17)5-4-6-12(13)18/h4-6,9-10,19H,3,7-8H2,1-2H3. The molecule has 0 amide bonds. The Bertz CT molecular complexity index is 456. The van der Waals surface area contributed by atoms with Gasteiger partial charge in [-0.2, -0.15) is 13.2 Å². The molecule has 2 rings (SSSR count). The van der Waals surface area contributed by atoms with Crippen molar-refractivity contribution in [2.24, 2.45) is 0 Å². The van der Waals surface area contributed by atoms with E-state index in [1.165, 1.54) is 6.07 Å². The predicted molar refractivity (Wildman–Crippen MR) is 68.4 cm³/mol. The minimum absolute atomic E-state index is 0.257. The summed E-state index contributed by atoms with van der Waals surface area (Å²) >= 11 is 0. The van der Waals surface area contributed by atoms with E-state index < -0.39 is 17.8 Å². The lowest BCUT2D eigenvalue weighted by Gasteiger charge is -2.17. The molecular weight excluding hydrogens is 255 g/mol. The molecule has 0 saturated carbocycles.